The van der Waals surface area contributed by atoms with Crippen molar-refractivity contribution in [2.24, 2.45) is 11.8 Å². The number of hydrogen-bond donors (Lipinski definition) is 0. The van der Waals surface area contributed by atoms with Crippen LogP contribution in [0, 0.1) is 18.8 Å². The van der Waals surface area contributed by atoms with E-state index in [0.717, 1.165) is 17.6 Å². The molecule has 1 aromatic rings. The average molecular weight is 400 g/mol. The van der Waals surface area contributed by atoms with E-state index >= 15 is 0 Å². The van der Waals surface area contributed by atoms with Crippen LogP contribution in [0.1, 0.15) is 121 Å². The van der Waals surface area contributed by atoms with Gasteiger partial charge in [-0.1, -0.05) is 84.0 Å². The Kier molecular flexibility index (Phi) is 9.83. The van der Waals surface area contributed by atoms with Crippen molar-refractivity contribution in [3.8, 4) is 5.75 Å². The predicted molar refractivity (Wildman–Crippen MR) is 124 cm³/mol. The zero-order chi connectivity index (χ0) is 20.3. The Labute approximate surface area is 180 Å². The third kappa shape index (κ3) is 7.95. The standard InChI is InChI=1S/C27H45NO/c1-3-4-5-6-7-9-12-23-15-17-26(18-16-23)29-27-20-25(22(2)28-21-27)19-24-13-10-8-11-14-24/h20-21,23-24,26H,3-19H2,1-2H3. The van der Waals surface area contributed by atoms with E-state index in [1.165, 1.54) is 120 Å². The van der Waals surface area contributed by atoms with Crippen LogP contribution in [0.25, 0.3) is 0 Å². The van der Waals surface area contributed by atoms with E-state index in [1.54, 1.807) is 0 Å². The van der Waals surface area contributed by atoms with Gasteiger partial charge < -0.3 is 4.74 Å². The number of rotatable bonds is 11. The quantitative estimate of drug-likeness (QED) is 0.350. The maximum atomic E-state index is 6.40. The summed E-state index contributed by atoms with van der Waals surface area (Å²) in [6, 6.07) is 2.30. The molecule has 2 aliphatic carbocycles. The van der Waals surface area contributed by atoms with Gasteiger partial charge in [-0.2, -0.15) is 0 Å². The summed E-state index contributed by atoms with van der Waals surface area (Å²) < 4.78 is 6.40. The summed E-state index contributed by atoms with van der Waals surface area (Å²) in [5, 5.41) is 0. The molecule has 164 valence electrons. The van der Waals surface area contributed by atoms with Gasteiger partial charge in [-0.15, -0.1) is 0 Å². The van der Waals surface area contributed by atoms with Crippen molar-refractivity contribution in [2.45, 2.75) is 129 Å². The zero-order valence-electron chi connectivity index (χ0n) is 19.3. The first-order valence-corrected chi connectivity index (χ1v) is 12.9. The van der Waals surface area contributed by atoms with E-state index in [-0.39, 0.29) is 0 Å². The number of ether oxygens (including phenoxy) is 1. The van der Waals surface area contributed by atoms with Crippen molar-refractivity contribution in [1.82, 2.24) is 4.98 Å². The van der Waals surface area contributed by atoms with Crippen LogP contribution in [-0.4, -0.2) is 11.1 Å². The smallest absolute Gasteiger partial charge is 0.138 e. The molecule has 1 heterocycles. The number of unbranched alkanes of at least 4 members (excludes halogenated alkanes) is 5. The van der Waals surface area contributed by atoms with E-state index in [0.29, 0.717) is 6.10 Å². The fourth-order valence-corrected chi connectivity index (χ4v) is 5.47. The second-order valence-electron chi connectivity index (χ2n) is 9.94. The lowest BCUT2D eigenvalue weighted by molar-refractivity contribution is 0.127. The highest BCUT2D eigenvalue weighted by molar-refractivity contribution is 5.29. The number of aromatic nitrogens is 1. The fourth-order valence-electron chi connectivity index (χ4n) is 5.47. The summed E-state index contributed by atoms with van der Waals surface area (Å²) in [5.74, 6) is 2.82. The molecule has 2 saturated carbocycles. The highest BCUT2D eigenvalue weighted by Gasteiger charge is 2.23. The minimum Gasteiger partial charge on any atom is -0.489 e. The Morgan fingerprint density at radius 3 is 2.34 bits per heavy atom. The topological polar surface area (TPSA) is 22.1 Å². The van der Waals surface area contributed by atoms with Gasteiger partial charge in [0.1, 0.15) is 5.75 Å². The summed E-state index contributed by atoms with van der Waals surface area (Å²) in [6.07, 6.45) is 25.7. The van der Waals surface area contributed by atoms with Gasteiger partial charge in [-0.05, 0) is 62.5 Å². The number of pyridine rings is 1. The molecule has 0 unspecified atom stereocenters. The Morgan fingerprint density at radius 1 is 0.862 bits per heavy atom. The van der Waals surface area contributed by atoms with E-state index in [1.807, 2.05) is 6.20 Å². The average Bonchev–Trinajstić information content (AvgIpc) is 2.75. The zero-order valence-corrected chi connectivity index (χ0v) is 19.3. The van der Waals surface area contributed by atoms with Crippen molar-refractivity contribution < 1.29 is 4.74 Å². The monoisotopic (exact) mass is 399 g/mol. The van der Waals surface area contributed by atoms with Crippen LogP contribution in [0.5, 0.6) is 5.75 Å². The van der Waals surface area contributed by atoms with E-state index in [9.17, 15) is 0 Å². The van der Waals surface area contributed by atoms with Crippen LogP contribution < -0.4 is 4.74 Å². The van der Waals surface area contributed by atoms with E-state index in [4.69, 9.17) is 4.74 Å². The first-order valence-electron chi connectivity index (χ1n) is 12.9. The summed E-state index contributed by atoms with van der Waals surface area (Å²) >= 11 is 0. The molecule has 29 heavy (non-hydrogen) atoms. The fraction of sp³-hybridized carbons (Fsp3) is 0.815. The second-order valence-corrected chi connectivity index (χ2v) is 9.94. The summed E-state index contributed by atoms with van der Waals surface area (Å²) in [4.78, 5) is 4.67. The van der Waals surface area contributed by atoms with Crippen LogP contribution in [0.4, 0.5) is 0 Å². The van der Waals surface area contributed by atoms with Gasteiger partial charge >= 0.3 is 0 Å². The molecule has 0 spiro atoms. The Morgan fingerprint density at radius 2 is 1.59 bits per heavy atom. The minimum absolute atomic E-state index is 0.405. The molecule has 0 aliphatic heterocycles. The molecule has 2 nitrogen and oxygen atoms in total. The first kappa shape index (κ1) is 22.6. The SMILES string of the molecule is CCCCCCCCC1CCC(Oc2cnc(C)c(CC3CCCCC3)c2)CC1. The molecule has 3 rings (SSSR count). The van der Waals surface area contributed by atoms with E-state index in [2.05, 4.69) is 24.9 Å². The normalized spacial score (nSPS) is 23.2. The lowest BCUT2D eigenvalue weighted by Gasteiger charge is -2.29. The largest absolute Gasteiger partial charge is 0.489 e. The molecule has 0 radical (unpaired) electrons. The van der Waals surface area contributed by atoms with Crippen LogP contribution in [0.2, 0.25) is 0 Å². The lowest BCUT2D eigenvalue weighted by Crippen LogP contribution is -2.24. The summed E-state index contributed by atoms with van der Waals surface area (Å²) in [5.41, 5.74) is 2.62. The van der Waals surface area contributed by atoms with Crippen molar-refractivity contribution >= 4 is 0 Å². The molecule has 2 fully saturated rings. The maximum Gasteiger partial charge on any atom is 0.138 e. The summed E-state index contributed by atoms with van der Waals surface area (Å²) in [6.45, 7) is 4.46. The molecular formula is C27H45NO. The second kappa shape index (κ2) is 12.6. The number of nitrogens with zero attached hydrogens (tertiary/aromatic N) is 1. The first-order chi connectivity index (χ1) is 14.2. The van der Waals surface area contributed by atoms with Gasteiger partial charge in [0.15, 0.2) is 0 Å². The maximum absolute atomic E-state index is 6.40. The molecule has 0 amide bonds. The van der Waals surface area contributed by atoms with Gasteiger partial charge in [0, 0.05) is 5.69 Å². The van der Waals surface area contributed by atoms with Gasteiger partial charge in [0.05, 0.1) is 12.3 Å². The molecule has 0 atom stereocenters. The van der Waals surface area contributed by atoms with Crippen molar-refractivity contribution in [3.05, 3.63) is 23.5 Å². The van der Waals surface area contributed by atoms with Crippen molar-refractivity contribution in [1.29, 1.82) is 0 Å². The van der Waals surface area contributed by atoms with E-state index < -0.39 is 0 Å². The third-order valence-electron chi connectivity index (χ3n) is 7.46. The number of hydrogen-bond acceptors (Lipinski definition) is 2. The molecule has 0 aromatic carbocycles. The van der Waals surface area contributed by atoms with Gasteiger partial charge in [-0.25, -0.2) is 0 Å². The summed E-state index contributed by atoms with van der Waals surface area (Å²) in [7, 11) is 0. The Bertz CT molecular complexity index is 570. The van der Waals surface area contributed by atoms with Crippen molar-refractivity contribution in [2.75, 3.05) is 0 Å². The molecule has 0 bridgehead atoms. The van der Waals surface area contributed by atoms with Gasteiger partial charge in [0.2, 0.25) is 0 Å². The van der Waals surface area contributed by atoms with Crippen molar-refractivity contribution in [3.63, 3.8) is 0 Å². The Balaban J connectivity index is 1.38. The highest BCUT2D eigenvalue weighted by Crippen LogP contribution is 2.32. The molecule has 0 saturated heterocycles. The molecular weight excluding hydrogens is 354 g/mol. The van der Waals surface area contributed by atoms with Crippen LogP contribution in [0.15, 0.2) is 12.3 Å². The van der Waals surface area contributed by atoms with Crippen LogP contribution in [0.3, 0.4) is 0 Å². The van der Waals surface area contributed by atoms with Gasteiger partial charge in [-0.3, -0.25) is 4.98 Å². The minimum atomic E-state index is 0.405. The third-order valence-corrected chi connectivity index (χ3v) is 7.46. The molecule has 0 N–H and O–H groups in total. The molecule has 2 aliphatic rings. The lowest BCUT2D eigenvalue weighted by atomic mass is 9.84. The van der Waals surface area contributed by atoms with Gasteiger partial charge in [0.25, 0.3) is 0 Å². The van der Waals surface area contributed by atoms with Crippen LogP contribution >= 0.6 is 0 Å². The predicted octanol–water partition coefficient (Wildman–Crippen LogP) is 8.20. The Hall–Kier alpha value is -1.05. The molecule has 1 aromatic heterocycles. The highest BCUT2D eigenvalue weighted by atomic mass is 16.5. The molecule has 2 heteroatoms. The van der Waals surface area contributed by atoms with Crippen LogP contribution in [-0.2, 0) is 6.42 Å². The number of aryl methyl sites for hydroxylation is 1.